The molecule has 1 aromatic carbocycles. The zero-order chi connectivity index (χ0) is 25.9. The summed E-state index contributed by atoms with van der Waals surface area (Å²) in [5.74, 6) is -1.08. The Kier molecular flexibility index (Phi) is 11.7. The first-order valence-electron chi connectivity index (χ1n) is 11.7. The average Bonchev–Trinajstić information content (AvgIpc) is 2.78. The number of urea groups is 1. The quantitative estimate of drug-likeness (QED) is 0.450. The maximum atomic E-state index is 13.0. The highest BCUT2D eigenvalue weighted by molar-refractivity contribution is 5.98. The summed E-state index contributed by atoms with van der Waals surface area (Å²) in [4.78, 5) is 51.7. The summed E-state index contributed by atoms with van der Waals surface area (Å²) >= 11 is 0. The Hall–Kier alpha value is -2.94. The van der Waals surface area contributed by atoms with Gasteiger partial charge in [0.1, 0.15) is 18.2 Å². The third-order valence-corrected chi connectivity index (χ3v) is 5.30. The molecule has 1 rings (SSSR count). The van der Waals surface area contributed by atoms with E-state index in [4.69, 9.17) is 4.74 Å². The minimum atomic E-state index is -1.25. The van der Waals surface area contributed by atoms with Crippen LogP contribution in [0.3, 0.4) is 0 Å². The maximum Gasteiger partial charge on any atom is 0.419 e. The van der Waals surface area contributed by atoms with Gasteiger partial charge in [-0.15, -0.1) is 0 Å². The van der Waals surface area contributed by atoms with Crippen LogP contribution in [-0.4, -0.2) is 64.7 Å². The highest BCUT2D eigenvalue weighted by Crippen LogP contribution is 2.14. The summed E-state index contributed by atoms with van der Waals surface area (Å²) in [6.07, 6.45) is 0.617. The van der Waals surface area contributed by atoms with Gasteiger partial charge in [0.05, 0.1) is 6.04 Å². The topological polar surface area (TPSA) is 125 Å². The summed E-state index contributed by atoms with van der Waals surface area (Å²) in [7, 11) is 0. The van der Waals surface area contributed by atoms with Gasteiger partial charge in [-0.3, -0.25) is 9.59 Å². The molecule has 0 bridgehead atoms. The molecule has 0 fully saturated rings. The lowest BCUT2D eigenvalue weighted by molar-refractivity contribution is -0.131. The average molecular weight is 478 g/mol. The first kappa shape index (κ1) is 29.1. The van der Waals surface area contributed by atoms with Gasteiger partial charge in [0.25, 0.3) is 0 Å². The van der Waals surface area contributed by atoms with E-state index in [1.54, 1.807) is 20.8 Å². The molecule has 3 atom stereocenters. The standard InChI is InChI=1S/C25H39N3O6/c1-7-17(2)15-26-23(32)28(24(33)34-25(4,5)6)18(3)22(31)27-20(21(30)16-29)14-13-19-11-9-8-10-12-19/h8-12,17-18,20,29H,7,13-16H2,1-6H3,(H,26,32)(H,27,31)/t17-,18?,20?/m1/s1. The molecule has 2 unspecified atom stereocenters. The molecule has 0 saturated heterocycles. The number of rotatable bonds is 11. The second-order valence-electron chi connectivity index (χ2n) is 9.44. The summed E-state index contributed by atoms with van der Waals surface area (Å²) < 4.78 is 5.34. The molecule has 0 radical (unpaired) electrons. The second kappa shape index (κ2) is 13.7. The number of ether oxygens (including phenoxy) is 1. The third-order valence-electron chi connectivity index (χ3n) is 5.30. The van der Waals surface area contributed by atoms with E-state index in [0.29, 0.717) is 13.0 Å². The summed E-state index contributed by atoms with van der Waals surface area (Å²) in [5.41, 5.74) is 0.0912. The Labute approximate surface area is 202 Å². The molecule has 0 aliphatic heterocycles. The van der Waals surface area contributed by atoms with Gasteiger partial charge in [-0.2, -0.15) is 0 Å². The number of aliphatic hydroxyl groups is 1. The number of amides is 4. The van der Waals surface area contributed by atoms with Crippen LogP contribution in [-0.2, 0) is 20.7 Å². The van der Waals surface area contributed by atoms with Crippen LogP contribution in [0.25, 0.3) is 0 Å². The van der Waals surface area contributed by atoms with Gasteiger partial charge in [-0.1, -0.05) is 50.6 Å². The number of benzene rings is 1. The smallest absolute Gasteiger partial charge is 0.419 e. The molecule has 0 spiro atoms. The molecule has 9 nitrogen and oxygen atoms in total. The number of nitrogens with zero attached hydrogens (tertiary/aromatic N) is 1. The molecule has 4 amide bonds. The van der Waals surface area contributed by atoms with Gasteiger partial charge in [0, 0.05) is 6.54 Å². The van der Waals surface area contributed by atoms with Gasteiger partial charge < -0.3 is 20.5 Å². The molecule has 0 saturated carbocycles. The molecule has 9 heteroatoms. The first-order valence-corrected chi connectivity index (χ1v) is 11.7. The summed E-state index contributed by atoms with van der Waals surface area (Å²) in [5, 5.41) is 14.6. The number of hydrogen-bond donors (Lipinski definition) is 3. The predicted octanol–water partition coefficient (Wildman–Crippen LogP) is 3.05. The van der Waals surface area contributed by atoms with E-state index in [1.165, 1.54) is 6.92 Å². The zero-order valence-corrected chi connectivity index (χ0v) is 21.1. The molecular formula is C25H39N3O6. The summed E-state index contributed by atoms with van der Waals surface area (Å²) in [6.45, 7) is 9.88. The van der Waals surface area contributed by atoms with Crippen molar-refractivity contribution < 1.29 is 29.0 Å². The Bertz CT molecular complexity index is 822. The molecule has 34 heavy (non-hydrogen) atoms. The predicted molar refractivity (Wildman–Crippen MR) is 129 cm³/mol. The molecular weight excluding hydrogens is 438 g/mol. The largest absolute Gasteiger partial charge is 0.443 e. The fourth-order valence-corrected chi connectivity index (χ4v) is 3.01. The Morgan fingerprint density at radius 2 is 1.71 bits per heavy atom. The highest BCUT2D eigenvalue weighted by Gasteiger charge is 2.36. The van der Waals surface area contributed by atoms with Crippen LogP contribution in [0.2, 0.25) is 0 Å². The lowest BCUT2D eigenvalue weighted by Gasteiger charge is -2.30. The minimum Gasteiger partial charge on any atom is -0.443 e. The highest BCUT2D eigenvalue weighted by atomic mass is 16.6. The second-order valence-corrected chi connectivity index (χ2v) is 9.44. The van der Waals surface area contributed by atoms with Gasteiger partial charge in [-0.05, 0) is 52.0 Å². The van der Waals surface area contributed by atoms with Crippen molar-refractivity contribution in [3.05, 3.63) is 35.9 Å². The van der Waals surface area contributed by atoms with E-state index in [1.807, 2.05) is 44.2 Å². The van der Waals surface area contributed by atoms with Gasteiger partial charge in [0.2, 0.25) is 5.91 Å². The van der Waals surface area contributed by atoms with Crippen LogP contribution in [0.1, 0.15) is 59.9 Å². The number of hydrogen-bond acceptors (Lipinski definition) is 6. The SMILES string of the molecule is CC[C@@H](C)CNC(=O)N(C(=O)OC(C)(C)C)C(C)C(=O)NC(CCc1ccccc1)C(=O)CO. The number of Topliss-reactive ketones (excluding diaryl/α,β-unsaturated/α-hetero) is 1. The number of ketones is 1. The number of carbonyl (C=O) groups excluding carboxylic acids is 4. The van der Waals surface area contributed by atoms with Crippen LogP contribution in [0, 0.1) is 5.92 Å². The van der Waals surface area contributed by atoms with E-state index in [-0.39, 0.29) is 12.3 Å². The number of aliphatic hydroxyl groups excluding tert-OH is 1. The van der Waals surface area contributed by atoms with Crippen molar-refractivity contribution in [2.24, 2.45) is 5.92 Å². The molecule has 190 valence electrons. The van der Waals surface area contributed by atoms with Crippen molar-refractivity contribution in [1.29, 1.82) is 0 Å². The fraction of sp³-hybridized carbons (Fsp3) is 0.600. The van der Waals surface area contributed by atoms with Crippen LogP contribution >= 0.6 is 0 Å². The van der Waals surface area contributed by atoms with Crippen LogP contribution in [0.5, 0.6) is 0 Å². The Morgan fingerprint density at radius 3 is 2.24 bits per heavy atom. The van der Waals surface area contributed by atoms with Crippen molar-refractivity contribution in [2.75, 3.05) is 13.2 Å². The monoisotopic (exact) mass is 477 g/mol. The van der Waals surface area contributed by atoms with Crippen LogP contribution in [0.4, 0.5) is 9.59 Å². The van der Waals surface area contributed by atoms with Crippen LogP contribution in [0.15, 0.2) is 30.3 Å². The molecule has 0 aromatic heterocycles. The number of carbonyl (C=O) groups is 4. The van der Waals surface area contributed by atoms with E-state index in [2.05, 4.69) is 10.6 Å². The summed E-state index contributed by atoms with van der Waals surface area (Å²) in [6, 6.07) is 6.44. The normalized spacial score (nSPS) is 13.9. The Morgan fingerprint density at radius 1 is 1.09 bits per heavy atom. The van der Waals surface area contributed by atoms with Crippen LogP contribution < -0.4 is 10.6 Å². The van der Waals surface area contributed by atoms with E-state index < -0.39 is 48.1 Å². The molecule has 0 heterocycles. The number of nitrogens with one attached hydrogen (secondary N) is 2. The first-order chi connectivity index (χ1) is 15.9. The van der Waals surface area contributed by atoms with Gasteiger partial charge in [0.15, 0.2) is 5.78 Å². The lowest BCUT2D eigenvalue weighted by atomic mass is 10.0. The maximum absolute atomic E-state index is 13.0. The fourth-order valence-electron chi connectivity index (χ4n) is 3.01. The number of imide groups is 1. The van der Waals surface area contributed by atoms with Crippen molar-refractivity contribution in [3.8, 4) is 0 Å². The third kappa shape index (κ3) is 9.91. The Balaban J connectivity index is 3.01. The van der Waals surface area contributed by atoms with E-state index >= 15 is 0 Å². The van der Waals surface area contributed by atoms with Gasteiger partial charge in [-0.25, -0.2) is 14.5 Å². The van der Waals surface area contributed by atoms with Crippen molar-refractivity contribution in [3.63, 3.8) is 0 Å². The van der Waals surface area contributed by atoms with Crippen molar-refractivity contribution in [2.45, 2.75) is 78.5 Å². The minimum absolute atomic E-state index is 0.179. The zero-order valence-electron chi connectivity index (χ0n) is 21.1. The van der Waals surface area contributed by atoms with E-state index in [9.17, 15) is 24.3 Å². The lowest BCUT2D eigenvalue weighted by Crippen LogP contribution is -2.57. The van der Waals surface area contributed by atoms with Gasteiger partial charge >= 0.3 is 12.1 Å². The number of aryl methyl sites for hydroxylation is 1. The molecule has 3 N–H and O–H groups in total. The molecule has 0 aliphatic rings. The molecule has 0 aliphatic carbocycles. The molecule has 1 aromatic rings. The van der Waals surface area contributed by atoms with E-state index in [0.717, 1.165) is 16.9 Å². The van der Waals surface area contributed by atoms with Crippen molar-refractivity contribution in [1.82, 2.24) is 15.5 Å². The van der Waals surface area contributed by atoms with Crippen molar-refractivity contribution >= 4 is 23.8 Å².